The fourth-order valence-corrected chi connectivity index (χ4v) is 3.85. The van der Waals surface area contributed by atoms with Gasteiger partial charge < -0.3 is 19.3 Å². The van der Waals surface area contributed by atoms with Gasteiger partial charge in [0.15, 0.2) is 11.5 Å². The fraction of sp³-hybridized carbons (Fsp3) is 0.278. The van der Waals surface area contributed by atoms with Gasteiger partial charge in [0.25, 0.3) is 11.6 Å². The van der Waals surface area contributed by atoms with Crippen molar-refractivity contribution in [1.82, 2.24) is 4.90 Å². The Bertz CT molecular complexity index is 912. The van der Waals surface area contributed by atoms with Gasteiger partial charge in [-0.2, -0.15) is 0 Å². The second-order valence-electron chi connectivity index (χ2n) is 6.24. The summed E-state index contributed by atoms with van der Waals surface area (Å²) in [7, 11) is 0. The van der Waals surface area contributed by atoms with Gasteiger partial charge in [0.05, 0.1) is 10.6 Å². The molecule has 0 spiro atoms. The number of piperazine rings is 1. The zero-order valence-corrected chi connectivity index (χ0v) is 15.8. The van der Waals surface area contributed by atoms with E-state index in [0.717, 1.165) is 5.69 Å². The highest BCUT2D eigenvalue weighted by atomic mass is 79.9. The molecular formula is C18H16BrN3O5. The average molecular weight is 434 g/mol. The number of ether oxygens (including phenoxy) is 2. The number of benzene rings is 2. The van der Waals surface area contributed by atoms with Gasteiger partial charge in [0, 0.05) is 48.3 Å². The molecule has 2 heterocycles. The average Bonchev–Trinajstić information content (AvgIpc) is 3.15. The van der Waals surface area contributed by atoms with Crippen LogP contribution in [0, 0.1) is 10.1 Å². The van der Waals surface area contributed by atoms with Gasteiger partial charge in [-0.05, 0) is 40.2 Å². The minimum atomic E-state index is -0.420. The number of nitro benzene ring substituents is 1. The standard InChI is InChI=1S/C18H16BrN3O5/c19-14-10-13(22(24)25)2-3-15(14)20-5-7-21(8-6-20)18(23)12-1-4-16-17(9-12)27-11-26-16/h1-4,9-10H,5-8,11H2. The minimum Gasteiger partial charge on any atom is -0.454 e. The van der Waals surface area contributed by atoms with E-state index in [9.17, 15) is 14.9 Å². The molecule has 1 saturated heterocycles. The van der Waals surface area contributed by atoms with Crippen LogP contribution in [0.25, 0.3) is 0 Å². The SMILES string of the molecule is O=C(c1ccc2c(c1)OCO2)N1CCN(c2ccc([N+](=O)[O-])cc2Br)CC1. The molecule has 2 aliphatic rings. The summed E-state index contributed by atoms with van der Waals surface area (Å²) >= 11 is 3.41. The van der Waals surface area contributed by atoms with Crippen molar-refractivity contribution in [3.63, 3.8) is 0 Å². The summed E-state index contributed by atoms with van der Waals surface area (Å²) in [5, 5.41) is 10.9. The molecule has 0 aromatic heterocycles. The Kier molecular flexibility index (Phi) is 4.61. The van der Waals surface area contributed by atoms with Crippen LogP contribution in [-0.2, 0) is 0 Å². The fourth-order valence-electron chi connectivity index (χ4n) is 3.23. The highest BCUT2D eigenvalue weighted by molar-refractivity contribution is 9.10. The van der Waals surface area contributed by atoms with Gasteiger partial charge in [-0.25, -0.2) is 0 Å². The van der Waals surface area contributed by atoms with Gasteiger partial charge in [-0.3, -0.25) is 14.9 Å². The number of carbonyl (C=O) groups excluding carboxylic acids is 1. The maximum Gasteiger partial charge on any atom is 0.270 e. The number of halogens is 1. The van der Waals surface area contributed by atoms with Crippen LogP contribution < -0.4 is 14.4 Å². The number of nitro groups is 1. The number of non-ortho nitro benzene ring substituents is 1. The molecule has 4 rings (SSSR count). The molecule has 1 fully saturated rings. The van der Waals surface area contributed by atoms with Crippen LogP contribution >= 0.6 is 15.9 Å². The topological polar surface area (TPSA) is 85.2 Å². The normalized spacial score (nSPS) is 15.7. The van der Waals surface area contributed by atoms with Crippen LogP contribution in [0.15, 0.2) is 40.9 Å². The van der Waals surface area contributed by atoms with E-state index in [-0.39, 0.29) is 18.4 Å². The zero-order valence-electron chi connectivity index (χ0n) is 14.3. The number of nitrogens with zero attached hydrogens (tertiary/aromatic N) is 3. The third-order valence-electron chi connectivity index (χ3n) is 4.67. The smallest absolute Gasteiger partial charge is 0.270 e. The number of hydrogen-bond acceptors (Lipinski definition) is 6. The summed E-state index contributed by atoms with van der Waals surface area (Å²) in [6.45, 7) is 2.60. The molecule has 0 radical (unpaired) electrons. The van der Waals surface area contributed by atoms with E-state index in [1.165, 1.54) is 12.1 Å². The number of carbonyl (C=O) groups is 1. The first kappa shape index (κ1) is 17.6. The molecule has 2 aromatic carbocycles. The first-order chi connectivity index (χ1) is 13.0. The molecule has 0 aliphatic carbocycles. The third-order valence-corrected chi connectivity index (χ3v) is 5.30. The van der Waals surface area contributed by atoms with Gasteiger partial charge >= 0.3 is 0 Å². The summed E-state index contributed by atoms with van der Waals surface area (Å²) in [6.07, 6.45) is 0. The van der Waals surface area contributed by atoms with E-state index in [1.54, 1.807) is 29.2 Å². The predicted octanol–water partition coefficient (Wildman–Crippen LogP) is 3.05. The lowest BCUT2D eigenvalue weighted by atomic mass is 10.1. The highest BCUT2D eigenvalue weighted by Gasteiger charge is 2.25. The summed E-state index contributed by atoms with van der Waals surface area (Å²) in [6, 6.07) is 9.93. The lowest BCUT2D eigenvalue weighted by molar-refractivity contribution is -0.384. The minimum absolute atomic E-state index is 0.0437. The van der Waals surface area contributed by atoms with Gasteiger partial charge in [0.2, 0.25) is 6.79 Å². The highest BCUT2D eigenvalue weighted by Crippen LogP contribution is 2.33. The van der Waals surface area contributed by atoms with Crippen LogP contribution in [0.4, 0.5) is 11.4 Å². The summed E-state index contributed by atoms with van der Waals surface area (Å²) < 4.78 is 11.3. The van der Waals surface area contributed by atoms with Crippen LogP contribution in [0.2, 0.25) is 0 Å². The first-order valence-electron chi connectivity index (χ1n) is 8.41. The molecule has 8 nitrogen and oxygen atoms in total. The second-order valence-corrected chi connectivity index (χ2v) is 7.09. The second kappa shape index (κ2) is 7.07. The van der Waals surface area contributed by atoms with E-state index in [1.807, 2.05) is 0 Å². The van der Waals surface area contributed by atoms with Crippen LogP contribution in [0.1, 0.15) is 10.4 Å². The summed E-state index contributed by atoms with van der Waals surface area (Å²) in [4.78, 5) is 27.1. The van der Waals surface area contributed by atoms with Crippen molar-refractivity contribution in [2.24, 2.45) is 0 Å². The maximum atomic E-state index is 12.8. The molecule has 0 saturated carbocycles. The molecule has 27 heavy (non-hydrogen) atoms. The van der Waals surface area contributed by atoms with Crippen molar-refractivity contribution < 1.29 is 19.2 Å². The predicted molar refractivity (Wildman–Crippen MR) is 101 cm³/mol. The Labute approximate surface area is 163 Å². The molecule has 2 aliphatic heterocycles. The Balaban J connectivity index is 1.43. The van der Waals surface area contributed by atoms with Crippen molar-refractivity contribution in [2.45, 2.75) is 0 Å². The molecule has 0 atom stereocenters. The van der Waals surface area contributed by atoms with Gasteiger partial charge in [-0.15, -0.1) is 0 Å². The molecular weight excluding hydrogens is 418 g/mol. The quantitative estimate of drug-likeness (QED) is 0.546. The number of rotatable bonds is 3. The van der Waals surface area contributed by atoms with Crippen LogP contribution in [0.3, 0.4) is 0 Å². The molecule has 2 aromatic rings. The monoisotopic (exact) mass is 433 g/mol. The van der Waals surface area contributed by atoms with Crippen LogP contribution in [-0.4, -0.2) is 48.7 Å². The lowest BCUT2D eigenvalue weighted by Crippen LogP contribution is -2.48. The Morgan fingerprint density at radius 3 is 2.48 bits per heavy atom. The molecule has 9 heteroatoms. The molecule has 140 valence electrons. The van der Waals surface area contributed by atoms with Crippen molar-refractivity contribution in [2.75, 3.05) is 37.9 Å². The number of amides is 1. The molecule has 0 N–H and O–H groups in total. The number of hydrogen-bond donors (Lipinski definition) is 0. The molecule has 0 unspecified atom stereocenters. The van der Waals surface area contributed by atoms with Crippen LogP contribution in [0.5, 0.6) is 11.5 Å². The zero-order chi connectivity index (χ0) is 19.0. The summed E-state index contributed by atoms with van der Waals surface area (Å²) in [5.41, 5.74) is 1.50. The Morgan fingerprint density at radius 1 is 1.04 bits per heavy atom. The van der Waals surface area contributed by atoms with Gasteiger partial charge in [-0.1, -0.05) is 0 Å². The van der Waals surface area contributed by atoms with E-state index in [2.05, 4.69) is 20.8 Å². The van der Waals surface area contributed by atoms with E-state index in [0.29, 0.717) is 47.7 Å². The van der Waals surface area contributed by atoms with Crippen molar-refractivity contribution in [3.05, 3.63) is 56.5 Å². The third kappa shape index (κ3) is 3.42. The molecule has 1 amide bonds. The number of fused-ring (bicyclic) bond motifs is 1. The van der Waals surface area contributed by atoms with Crippen molar-refractivity contribution in [3.8, 4) is 11.5 Å². The number of anilines is 1. The Morgan fingerprint density at radius 2 is 1.78 bits per heavy atom. The largest absolute Gasteiger partial charge is 0.454 e. The Hall–Kier alpha value is -2.81. The first-order valence-corrected chi connectivity index (χ1v) is 9.20. The van der Waals surface area contributed by atoms with E-state index >= 15 is 0 Å². The lowest BCUT2D eigenvalue weighted by Gasteiger charge is -2.36. The van der Waals surface area contributed by atoms with Crippen molar-refractivity contribution in [1.29, 1.82) is 0 Å². The summed E-state index contributed by atoms with van der Waals surface area (Å²) in [5.74, 6) is 1.20. The maximum absolute atomic E-state index is 12.8. The van der Waals surface area contributed by atoms with E-state index in [4.69, 9.17) is 9.47 Å². The van der Waals surface area contributed by atoms with Gasteiger partial charge in [0.1, 0.15) is 0 Å². The van der Waals surface area contributed by atoms with Crippen molar-refractivity contribution >= 4 is 33.2 Å². The van der Waals surface area contributed by atoms with E-state index < -0.39 is 4.92 Å². The molecule has 0 bridgehead atoms.